The summed E-state index contributed by atoms with van der Waals surface area (Å²) >= 11 is 1.73. The van der Waals surface area contributed by atoms with Crippen molar-refractivity contribution in [3.05, 3.63) is 40.6 Å². The number of carboxylic acid groups (broad SMARTS) is 1. The van der Waals surface area contributed by atoms with Crippen molar-refractivity contribution in [2.45, 2.75) is 25.8 Å². The molecule has 1 aliphatic rings. The van der Waals surface area contributed by atoms with E-state index < -0.39 is 12.1 Å². The van der Waals surface area contributed by atoms with E-state index in [4.69, 9.17) is 14.6 Å². The van der Waals surface area contributed by atoms with Crippen LogP contribution in [0, 0.1) is 5.92 Å². The Morgan fingerprint density at radius 2 is 2.06 bits per heavy atom. The number of thiophene rings is 1. The first kappa shape index (κ1) is 24.8. The van der Waals surface area contributed by atoms with Gasteiger partial charge in [-0.1, -0.05) is 0 Å². The molecule has 0 radical (unpaired) electrons. The predicted molar refractivity (Wildman–Crippen MR) is 107 cm³/mol. The van der Waals surface area contributed by atoms with E-state index in [0.29, 0.717) is 12.5 Å². The minimum Gasteiger partial charge on any atom is -0.475 e. The van der Waals surface area contributed by atoms with Crippen LogP contribution in [0.2, 0.25) is 0 Å². The van der Waals surface area contributed by atoms with Gasteiger partial charge in [-0.2, -0.15) is 24.5 Å². The largest absolute Gasteiger partial charge is 0.490 e. The molecule has 0 aliphatic carbocycles. The van der Waals surface area contributed by atoms with Gasteiger partial charge in [0.2, 0.25) is 5.91 Å². The number of carbonyl (C=O) groups excluding carboxylic acids is 1. The van der Waals surface area contributed by atoms with Crippen molar-refractivity contribution in [3.8, 4) is 0 Å². The quantitative estimate of drug-likeness (QED) is 0.709. The number of imidazole rings is 1. The normalized spacial score (nSPS) is 16.6. The van der Waals surface area contributed by atoms with Gasteiger partial charge in [-0.05, 0) is 22.4 Å². The Morgan fingerprint density at radius 1 is 1.35 bits per heavy atom. The van der Waals surface area contributed by atoms with E-state index in [2.05, 4.69) is 31.3 Å². The van der Waals surface area contributed by atoms with Crippen LogP contribution in [0.15, 0.2) is 29.2 Å². The summed E-state index contributed by atoms with van der Waals surface area (Å²) in [6.45, 7) is 4.31. The number of ether oxygens (including phenoxy) is 1. The number of fused-ring (bicyclic) bond motifs is 1. The van der Waals surface area contributed by atoms with Gasteiger partial charge in [0.1, 0.15) is 12.4 Å². The summed E-state index contributed by atoms with van der Waals surface area (Å²) in [5.74, 6) is -1.32. The molecule has 0 aromatic carbocycles. The van der Waals surface area contributed by atoms with E-state index >= 15 is 0 Å². The fourth-order valence-corrected chi connectivity index (χ4v) is 3.59. The van der Waals surface area contributed by atoms with Crippen LogP contribution in [-0.4, -0.2) is 76.4 Å². The van der Waals surface area contributed by atoms with Gasteiger partial charge in [0.25, 0.3) is 0 Å². The number of carboxylic acids is 1. The number of aromatic nitrogens is 2. The molecular weight excluding hydrogens is 437 g/mol. The number of hydrogen-bond acceptors (Lipinski definition) is 6. The first-order valence-corrected chi connectivity index (χ1v) is 10.3. The SMILES string of the molecule is CN(C)C(=O)COCC1CN(Cc2ccsc2)Cc2nccn2C1.O=C(O)C(F)(F)F. The van der Waals surface area contributed by atoms with Gasteiger partial charge in [0.05, 0.1) is 13.2 Å². The summed E-state index contributed by atoms with van der Waals surface area (Å²) in [6, 6.07) is 2.17. The van der Waals surface area contributed by atoms with Gasteiger partial charge in [-0.3, -0.25) is 9.69 Å². The number of likely N-dealkylation sites (N-methyl/N-ethyl adjacent to an activating group) is 1. The number of carbonyl (C=O) groups is 2. The topological polar surface area (TPSA) is 87.9 Å². The van der Waals surface area contributed by atoms with Crippen molar-refractivity contribution in [1.82, 2.24) is 19.4 Å². The average Bonchev–Trinajstić information content (AvgIpc) is 3.30. The highest BCUT2D eigenvalue weighted by Crippen LogP contribution is 2.19. The highest BCUT2D eigenvalue weighted by molar-refractivity contribution is 7.07. The monoisotopic (exact) mass is 462 g/mol. The van der Waals surface area contributed by atoms with Gasteiger partial charge in [0, 0.05) is 52.0 Å². The van der Waals surface area contributed by atoms with Crippen LogP contribution in [0.5, 0.6) is 0 Å². The zero-order valence-corrected chi connectivity index (χ0v) is 18.0. The van der Waals surface area contributed by atoms with Crippen molar-refractivity contribution >= 4 is 23.2 Å². The summed E-state index contributed by atoms with van der Waals surface area (Å²) in [6.07, 6.45) is -1.20. The van der Waals surface area contributed by atoms with Crippen LogP contribution in [-0.2, 0) is 34.0 Å². The number of alkyl halides is 3. The Morgan fingerprint density at radius 3 is 2.65 bits per heavy atom. The molecule has 2 aromatic rings. The number of aliphatic carboxylic acids is 1. The highest BCUT2D eigenvalue weighted by atomic mass is 32.1. The zero-order chi connectivity index (χ0) is 23.0. The number of nitrogens with zero attached hydrogens (tertiary/aromatic N) is 4. The lowest BCUT2D eigenvalue weighted by molar-refractivity contribution is -0.192. The number of amides is 1. The molecule has 172 valence electrons. The van der Waals surface area contributed by atoms with E-state index in [1.54, 1.807) is 30.3 Å². The number of hydrogen-bond donors (Lipinski definition) is 1. The predicted octanol–water partition coefficient (Wildman–Crippen LogP) is 2.31. The molecule has 0 bridgehead atoms. The fraction of sp³-hybridized carbons (Fsp3) is 0.526. The molecule has 1 amide bonds. The first-order chi connectivity index (χ1) is 14.6. The summed E-state index contributed by atoms with van der Waals surface area (Å²) in [5, 5.41) is 11.4. The smallest absolute Gasteiger partial charge is 0.475 e. The zero-order valence-electron chi connectivity index (χ0n) is 17.2. The van der Waals surface area contributed by atoms with E-state index in [9.17, 15) is 18.0 Å². The van der Waals surface area contributed by atoms with Crippen LogP contribution in [0.25, 0.3) is 0 Å². The van der Waals surface area contributed by atoms with E-state index in [1.807, 2.05) is 12.4 Å². The molecule has 2 aromatic heterocycles. The minimum absolute atomic E-state index is 0.00192. The molecule has 0 saturated carbocycles. The molecule has 12 heteroatoms. The third-order valence-corrected chi connectivity index (χ3v) is 5.18. The van der Waals surface area contributed by atoms with Gasteiger partial charge < -0.3 is 19.3 Å². The van der Waals surface area contributed by atoms with Crippen LogP contribution in [0.1, 0.15) is 11.4 Å². The molecule has 0 fully saturated rings. The van der Waals surface area contributed by atoms with Crippen LogP contribution in [0.4, 0.5) is 13.2 Å². The second-order valence-electron chi connectivity index (χ2n) is 7.27. The Balaban J connectivity index is 0.000000423. The second kappa shape index (κ2) is 11.3. The summed E-state index contributed by atoms with van der Waals surface area (Å²) in [5.41, 5.74) is 1.34. The number of rotatable bonds is 6. The maximum Gasteiger partial charge on any atom is 0.490 e. The standard InChI is InChI=1S/C17H24N4O2S.C2HF3O2/c1-19(2)17(22)12-23-11-15-8-20(7-14-3-6-24-13-14)10-16-18-4-5-21(16)9-15;3-2(4,5)1(6)7/h3-6,13,15H,7-12H2,1-2H3;(H,6,7). The van der Waals surface area contributed by atoms with Gasteiger partial charge in [-0.15, -0.1) is 0 Å². The minimum atomic E-state index is -5.08. The molecule has 1 N–H and O–H groups in total. The molecule has 1 atom stereocenters. The summed E-state index contributed by atoms with van der Waals surface area (Å²) in [4.78, 5) is 29.0. The summed E-state index contributed by atoms with van der Waals surface area (Å²) in [7, 11) is 3.50. The molecule has 31 heavy (non-hydrogen) atoms. The van der Waals surface area contributed by atoms with E-state index in [0.717, 1.165) is 32.0 Å². The van der Waals surface area contributed by atoms with Gasteiger partial charge >= 0.3 is 12.1 Å². The lowest BCUT2D eigenvalue weighted by atomic mass is 10.1. The third kappa shape index (κ3) is 8.31. The lowest BCUT2D eigenvalue weighted by Crippen LogP contribution is -2.32. The van der Waals surface area contributed by atoms with Gasteiger partial charge in [-0.25, -0.2) is 9.78 Å². The van der Waals surface area contributed by atoms with E-state index in [1.165, 1.54) is 5.56 Å². The van der Waals surface area contributed by atoms with Crippen LogP contribution in [0.3, 0.4) is 0 Å². The van der Waals surface area contributed by atoms with Gasteiger partial charge in [0.15, 0.2) is 0 Å². The Kier molecular flexibility index (Phi) is 9.01. The highest BCUT2D eigenvalue weighted by Gasteiger charge is 2.38. The number of halogens is 3. The lowest BCUT2D eigenvalue weighted by Gasteiger charge is -2.23. The fourth-order valence-electron chi connectivity index (χ4n) is 2.93. The molecule has 3 rings (SSSR count). The molecule has 1 unspecified atom stereocenters. The van der Waals surface area contributed by atoms with E-state index in [-0.39, 0.29) is 12.5 Å². The first-order valence-electron chi connectivity index (χ1n) is 9.37. The molecule has 1 aliphatic heterocycles. The van der Waals surface area contributed by atoms with Crippen molar-refractivity contribution < 1.29 is 32.6 Å². The Labute approximate surface area is 181 Å². The Bertz CT molecular complexity index is 840. The molecular formula is C19H25F3N4O4S. The molecule has 0 spiro atoms. The Hall–Kier alpha value is -2.44. The maximum absolute atomic E-state index is 11.7. The molecule has 3 heterocycles. The molecule has 8 nitrogen and oxygen atoms in total. The van der Waals surface area contributed by atoms with Crippen molar-refractivity contribution in [1.29, 1.82) is 0 Å². The van der Waals surface area contributed by atoms with Crippen molar-refractivity contribution in [2.75, 3.05) is 33.9 Å². The van der Waals surface area contributed by atoms with Crippen LogP contribution >= 0.6 is 11.3 Å². The van der Waals surface area contributed by atoms with Crippen molar-refractivity contribution in [3.63, 3.8) is 0 Å². The summed E-state index contributed by atoms with van der Waals surface area (Å²) < 4.78 is 39.6. The van der Waals surface area contributed by atoms with Crippen LogP contribution < -0.4 is 0 Å². The van der Waals surface area contributed by atoms with Crippen molar-refractivity contribution in [2.24, 2.45) is 5.92 Å². The third-order valence-electron chi connectivity index (χ3n) is 4.44. The maximum atomic E-state index is 11.7. The second-order valence-corrected chi connectivity index (χ2v) is 8.05. The molecule has 0 saturated heterocycles. The average molecular weight is 462 g/mol.